The first-order valence-corrected chi connectivity index (χ1v) is 8.64. The Morgan fingerprint density at radius 3 is 2.54 bits per heavy atom. The summed E-state index contributed by atoms with van der Waals surface area (Å²) >= 11 is 1.65. The monoisotopic (exact) mass is 343 g/mol. The van der Waals surface area contributed by atoms with Crippen LogP contribution in [0.1, 0.15) is 50.4 Å². The predicted molar refractivity (Wildman–Crippen MR) is 94.6 cm³/mol. The third-order valence-electron chi connectivity index (χ3n) is 4.18. The van der Waals surface area contributed by atoms with E-state index < -0.39 is 0 Å². The SMILES string of the molecule is Cc1cc2nc(C(=O)N(C)C(C)c3nc(C)sc3C)cc(C)n2n1. The minimum Gasteiger partial charge on any atom is -0.332 e. The lowest BCUT2D eigenvalue weighted by Crippen LogP contribution is -2.31. The Kier molecular flexibility index (Phi) is 4.13. The largest absolute Gasteiger partial charge is 0.332 e. The third kappa shape index (κ3) is 2.80. The highest BCUT2D eigenvalue weighted by Crippen LogP contribution is 2.27. The summed E-state index contributed by atoms with van der Waals surface area (Å²) in [5, 5.41) is 5.39. The molecule has 6 nitrogen and oxygen atoms in total. The lowest BCUT2D eigenvalue weighted by Gasteiger charge is -2.24. The van der Waals surface area contributed by atoms with Gasteiger partial charge >= 0.3 is 0 Å². The summed E-state index contributed by atoms with van der Waals surface area (Å²) in [7, 11) is 1.80. The predicted octanol–water partition coefficient (Wildman–Crippen LogP) is 3.25. The Morgan fingerprint density at radius 2 is 1.92 bits per heavy atom. The number of amides is 1. The van der Waals surface area contributed by atoms with Gasteiger partial charge in [0, 0.05) is 23.7 Å². The standard InChI is InChI=1S/C17H21N5OS/c1-9-7-15-19-14(8-10(2)22(15)20-9)17(23)21(6)11(3)16-12(4)24-13(5)18-16/h7-8,11H,1-6H3. The fourth-order valence-electron chi connectivity index (χ4n) is 2.82. The van der Waals surface area contributed by atoms with E-state index in [1.165, 1.54) is 0 Å². The average Bonchev–Trinajstić information content (AvgIpc) is 3.06. The maximum absolute atomic E-state index is 12.9. The zero-order chi connectivity index (χ0) is 17.6. The molecular weight excluding hydrogens is 322 g/mol. The Balaban J connectivity index is 1.94. The summed E-state index contributed by atoms with van der Waals surface area (Å²) in [6, 6.07) is 3.55. The highest BCUT2D eigenvalue weighted by Gasteiger charge is 2.24. The van der Waals surface area contributed by atoms with Crippen LogP contribution >= 0.6 is 11.3 Å². The minimum absolute atomic E-state index is 0.104. The van der Waals surface area contributed by atoms with E-state index in [-0.39, 0.29) is 11.9 Å². The molecule has 1 unspecified atom stereocenters. The van der Waals surface area contributed by atoms with E-state index in [1.54, 1.807) is 33.9 Å². The summed E-state index contributed by atoms with van der Waals surface area (Å²) < 4.78 is 1.75. The number of fused-ring (bicyclic) bond motifs is 1. The first-order valence-electron chi connectivity index (χ1n) is 7.83. The smallest absolute Gasteiger partial charge is 0.272 e. The molecule has 0 fully saturated rings. The zero-order valence-corrected chi connectivity index (χ0v) is 15.6. The van der Waals surface area contributed by atoms with E-state index in [0.717, 1.165) is 27.0 Å². The van der Waals surface area contributed by atoms with Gasteiger partial charge in [0.05, 0.1) is 22.4 Å². The molecule has 0 N–H and O–H groups in total. The van der Waals surface area contributed by atoms with Crippen molar-refractivity contribution in [3.05, 3.63) is 44.8 Å². The number of hydrogen-bond donors (Lipinski definition) is 0. The number of carbonyl (C=O) groups is 1. The summed E-state index contributed by atoms with van der Waals surface area (Å²) in [4.78, 5) is 24.8. The molecular formula is C17H21N5OS. The molecule has 0 saturated heterocycles. The molecule has 24 heavy (non-hydrogen) atoms. The van der Waals surface area contributed by atoms with Crippen molar-refractivity contribution in [2.75, 3.05) is 7.05 Å². The number of carbonyl (C=O) groups excluding carboxylic acids is 1. The second kappa shape index (κ2) is 5.98. The summed E-state index contributed by atoms with van der Waals surface area (Å²) in [6.45, 7) is 9.86. The van der Waals surface area contributed by atoms with Crippen molar-refractivity contribution in [1.82, 2.24) is 24.5 Å². The number of nitrogens with zero attached hydrogens (tertiary/aromatic N) is 5. The van der Waals surface area contributed by atoms with Crippen LogP contribution in [0.2, 0.25) is 0 Å². The lowest BCUT2D eigenvalue weighted by molar-refractivity contribution is 0.0734. The molecule has 3 aromatic heterocycles. The van der Waals surface area contributed by atoms with Crippen LogP contribution in [0.4, 0.5) is 0 Å². The molecule has 0 saturated carbocycles. The summed E-state index contributed by atoms with van der Waals surface area (Å²) in [5.41, 5.74) is 3.84. The maximum atomic E-state index is 12.9. The van der Waals surface area contributed by atoms with E-state index in [2.05, 4.69) is 15.1 Å². The van der Waals surface area contributed by atoms with Crippen LogP contribution in [0.3, 0.4) is 0 Å². The highest BCUT2D eigenvalue weighted by atomic mass is 32.1. The first-order chi connectivity index (χ1) is 11.3. The van der Waals surface area contributed by atoms with Crippen LogP contribution in [0.5, 0.6) is 0 Å². The first kappa shape index (κ1) is 16.6. The molecule has 0 radical (unpaired) electrons. The molecule has 7 heteroatoms. The van der Waals surface area contributed by atoms with Gasteiger partial charge in [-0.1, -0.05) is 0 Å². The number of aryl methyl sites for hydroxylation is 4. The van der Waals surface area contributed by atoms with Crippen LogP contribution in [-0.4, -0.2) is 37.4 Å². The van der Waals surface area contributed by atoms with Gasteiger partial charge in [-0.15, -0.1) is 11.3 Å². The Hall–Kier alpha value is -2.28. The van der Waals surface area contributed by atoms with E-state index in [4.69, 9.17) is 0 Å². The Labute approximate surface area is 145 Å². The quantitative estimate of drug-likeness (QED) is 0.732. The molecule has 0 aliphatic heterocycles. The van der Waals surface area contributed by atoms with E-state index in [0.29, 0.717) is 11.3 Å². The van der Waals surface area contributed by atoms with Gasteiger partial charge in [0.15, 0.2) is 5.65 Å². The van der Waals surface area contributed by atoms with Crippen molar-refractivity contribution >= 4 is 22.9 Å². The fraction of sp³-hybridized carbons (Fsp3) is 0.412. The van der Waals surface area contributed by atoms with Gasteiger partial charge in [-0.3, -0.25) is 4.79 Å². The van der Waals surface area contributed by atoms with Crippen molar-refractivity contribution < 1.29 is 4.79 Å². The molecule has 3 heterocycles. The topological polar surface area (TPSA) is 63.4 Å². The average molecular weight is 343 g/mol. The van der Waals surface area contributed by atoms with Gasteiger partial charge in [0.25, 0.3) is 5.91 Å². The summed E-state index contributed by atoms with van der Waals surface area (Å²) in [5.74, 6) is -0.114. The molecule has 0 bridgehead atoms. The summed E-state index contributed by atoms with van der Waals surface area (Å²) in [6.07, 6.45) is 0. The third-order valence-corrected chi connectivity index (χ3v) is 5.08. The van der Waals surface area contributed by atoms with Crippen LogP contribution in [0, 0.1) is 27.7 Å². The molecule has 1 atom stereocenters. The molecule has 126 valence electrons. The molecule has 1 amide bonds. The van der Waals surface area contributed by atoms with E-state index in [9.17, 15) is 4.79 Å². The second-order valence-electron chi connectivity index (χ2n) is 6.10. The normalized spacial score (nSPS) is 12.6. The number of rotatable bonds is 3. The van der Waals surface area contributed by atoms with Crippen molar-refractivity contribution in [3.63, 3.8) is 0 Å². The van der Waals surface area contributed by atoms with Gasteiger partial charge in [0.1, 0.15) is 5.69 Å². The molecule has 3 aromatic rings. The van der Waals surface area contributed by atoms with Crippen LogP contribution in [0.15, 0.2) is 12.1 Å². The number of hydrogen-bond acceptors (Lipinski definition) is 5. The lowest BCUT2D eigenvalue weighted by atomic mass is 10.1. The fourth-order valence-corrected chi connectivity index (χ4v) is 3.73. The van der Waals surface area contributed by atoms with Crippen molar-refractivity contribution in [1.29, 1.82) is 0 Å². The Morgan fingerprint density at radius 1 is 1.21 bits per heavy atom. The van der Waals surface area contributed by atoms with Gasteiger partial charge in [-0.05, 0) is 40.7 Å². The van der Waals surface area contributed by atoms with Crippen molar-refractivity contribution in [3.8, 4) is 0 Å². The van der Waals surface area contributed by atoms with Gasteiger partial charge in [0.2, 0.25) is 0 Å². The highest BCUT2D eigenvalue weighted by molar-refractivity contribution is 7.11. The molecule has 0 spiro atoms. The van der Waals surface area contributed by atoms with Gasteiger partial charge < -0.3 is 4.90 Å². The Bertz CT molecular complexity index is 927. The van der Waals surface area contributed by atoms with Crippen LogP contribution < -0.4 is 0 Å². The maximum Gasteiger partial charge on any atom is 0.272 e. The van der Waals surface area contributed by atoms with E-state index >= 15 is 0 Å². The molecule has 3 rings (SSSR count). The minimum atomic E-state index is -0.114. The zero-order valence-electron chi connectivity index (χ0n) is 14.8. The van der Waals surface area contributed by atoms with Gasteiger partial charge in [-0.25, -0.2) is 14.5 Å². The van der Waals surface area contributed by atoms with Crippen molar-refractivity contribution in [2.45, 2.75) is 40.7 Å². The van der Waals surface area contributed by atoms with Crippen LogP contribution in [-0.2, 0) is 0 Å². The van der Waals surface area contributed by atoms with Gasteiger partial charge in [-0.2, -0.15) is 5.10 Å². The number of thiazole rings is 1. The molecule has 0 aliphatic rings. The van der Waals surface area contributed by atoms with Crippen LogP contribution in [0.25, 0.3) is 5.65 Å². The molecule has 0 aliphatic carbocycles. The second-order valence-corrected chi connectivity index (χ2v) is 7.51. The van der Waals surface area contributed by atoms with Crippen molar-refractivity contribution in [2.24, 2.45) is 0 Å². The van der Waals surface area contributed by atoms with E-state index in [1.807, 2.05) is 40.7 Å². The number of aromatic nitrogens is 4. The molecule has 0 aromatic carbocycles.